The normalized spacial score (nSPS) is 13.4. The summed E-state index contributed by atoms with van der Waals surface area (Å²) < 4.78 is 11.4. The Balaban J connectivity index is 0. The van der Waals surface area contributed by atoms with Gasteiger partial charge in [0.15, 0.2) is 5.78 Å². The minimum Gasteiger partial charge on any atom is -0.494 e. The van der Waals surface area contributed by atoms with Crippen LogP contribution in [0.15, 0.2) is 48.5 Å². The van der Waals surface area contributed by atoms with E-state index in [2.05, 4.69) is 31.9 Å². The number of unbranched alkanes of at least 4 members (excludes halogenated alkanes) is 22. The van der Waals surface area contributed by atoms with Crippen molar-refractivity contribution >= 4 is 88.4 Å². The summed E-state index contributed by atoms with van der Waals surface area (Å²) in [5, 5.41) is 64.9. The zero-order chi connectivity index (χ0) is 97.5. The molecule has 6 amide bonds. The van der Waals surface area contributed by atoms with Crippen molar-refractivity contribution in [2.24, 2.45) is 17.6 Å². The van der Waals surface area contributed by atoms with Crippen LogP contribution < -0.4 is 47.1 Å². The number of nitrogens with zero attached hydrogens (tertiary/aromatic N) is 4. The molecule has 0 radical (unpaired) electrons. The molecule has 0 aliphatic heterocycles. The monoisotopic (exact) mass is 1850 g/mol. The summed E-state index contributed by atoms with van der Waals surface area (Å²) in [6, 6.07) is 8.69. The average Bonchev–Trinajstić information content (AvgIpc) is 0.861. The number of hydrogen-bond donors (Lipinski definition) is 12. The lowest BCUT2D eigenvalue weighted by Crippen LogP contribution is -2.44. The first-order valence-corrected chi connectivity index (χ1v) is 48.2. The van der Waals surface area contributed by atoms with Gasteiger partial charge in [-0.15, -0.1) is 0 Å². The molecule has 0 aliphatic carbocycles. The zero-order valence-corrected chi connectivity index (χ0v) is 80.5. The Bertz CT molecular complexity index is 3720. The minimum atomic E-state index is -1.22. The van der Waals surface area contributed by atoms with E-state index < -0.39 is 77.4 Å². The Labute approximate surface area is 783 Å². The van der Waals surface area contributed by atoms with Crippen LogP contribution in [0.5, 0.6) is 11.5 Å². The van der Waals surface area contributed by atoms with Crippen LogP contribution in [0.1, 0.15) is 334 Å². The van der Waals surface area contributed by atoms with Crippen LogP contribution >= 0.6 is 0 Å². The van der Waals surface area contributed by atoms with Crippen LogP contribution in [0, 0.1) is 11.8 Å². The molecular weight excluding hydrogens is 1680 g/mol. The molecule has 0 aromatic heterocycles. The molecule has 13 N–H and O–H groups in total. The van der Waals surface area contributed by atoms with E-state index in [4.69, 9.17) is 25.4 Å². The number of carboxylic acids is 5. The lowest BCUT2D eigenvalue weighted by Gasteiger charge is -2.24. The summed E-state index contributed by atoms with van der Waals surface area (Å²) in [5.74, 6) is -8.18. The second kappa shape index (κ2) is 69.5. The lowest BCUT2D eigenvalue weighted by molar-refractivity contribution is -0.145. The van der Waals surface area contributed by atoms with Crippen LogP contribution in [-0.2, 0) is 62.3 Å². The average molecular weight is 1850 g/mol. The number of ether oxygens (including phenoxy) is 2. The number of ketones is 4. The van der Waals surface area contributed by atoms with E-state index in [-0.39, 0.29) is 157 Å². The van der Waals surface area contributed by atoms with E-state index in [1.165, 1.54) is 24.3 Å². The van der Waals surface area contributed by atoms with Gasteiger partial charge in [0, 0.05) is 87.7 Å². The summed E-state index contributed by atoms with van der Waals surface area (Å²) >= 11 is 0. The third-order valence-corrected chi connectivity index (χ3v) is 24.0. The standard InChI is InChI=1S/C98H163N11O22.3H2/c1-98(2,99)86(113)70-73(41-31-35-64-101-90(117)82(108(7)8)46-27-24-28-48-84(111)80(106(3)4)44-33-37-63-100-87(114)62-61-79(97(128)129)105-89(116)50-30-20-16-12-14-18-22-40-68-131-77-58-53-72(54-59-77)94(122)123)85(112)69-74(95(124)125)42-32-36-65-102-92(119)83(109(9)10)47-34-38-66-103-91(118)81(107(5)6)45-26-23-25-43-75(110)55-60-78(96(126)127)104-88(115)49-29-19-15-11-13-17-21-39-67-130-76-56-51-71(52-57-76)93(120)121;;;/h51-54,56-59,73-74,78-83H,11-50,55,60-70,99H2,1-10H3,(H,100,114)(H,101,117)(H,102,119)(H,103,118)(H,104,115)(H,105,116)(H,120,121)(H,122,123)(H,124,125)(H,126,127)(H,128,129);3*1H/t73-,74-,78+,79+,80+,81+,82+,83+;;;/m1.../s1. The molecule has 0 fully saturated rings. The maximum absolute atomic E-state index is 14.0. The fraction of sp³-hybridized carbons (Fsp3) is 0.724. The van der Waals surface area contributed by atoms with Gasteiger partial charge in [-0.1, -0.05) is 116 Å². The number of amides is 6. The minimum absolute atomic E-state index is 0. The number of hydrogen-bond acceptors (Lipinski definition) is 22. The van der Waals surface area contributed by atoms with Crippen molar-refractivity contribution in [3.8, 4) is 11.5 Å². The summed E-state index contributed by atoms with van der Waals surface area (Å²) in [4.78, 5) is 198. The first kappa shape index (κ1) is 118. The van der Waals surface area contributed by atoms with Crippen molar-refractivity contribution in [1.82, 2.24) is 51.5 Å². The van der Waals surface area contributed by atoms with Crippen LogP contribution in [0.2, 0.25) is 0 Å². The molecule has 2 aromatic carbocycles. The third kappa shape index (κ3) is 55.7. The molecule has 0 heterocycles. The molecule has 33 nitrogen and oxygen atoms in total. The number of likely N-dealkylation sites (N-methyl/N-ethyl adjacent to an activating group) is 4. The number of rotatable bonds is 83. The van der Waals surface area contributed by atoms with Gasteiger partial charge < -0.3 is 72.6 Å². The van der Waals surface area contributed by atoms with Gasteiger partial charge in [-0.3, -0.25) is 72.3 Å². The molecule has 0 bridgehead atoms. The maximum atomic E-state index is 14.0. The predicted octanol–water partition coefficient (Wildman–Crippen LogP) is 12.9. The van der Waals surface area contributed by atoms with Crippen molar-refractivity contribution in [2.45, 2.75) is 351 Å². The highest BCUT2D eigenvalue weighted by Crippen LogP contribution is 2.26. The molecule has 131 heavy (non-hydrogen) atoms. The number of Topliss-reactive ketones (excluding diaryl/α,β-unsaturated/α-hetero) is 4. The van der Waals surface area contributed by atoms with Crippen molar-refractivity contribution in [3.63, 3.8) is 0 Å². The quantitative estimate of drug-likeness (QED) is 0.0274. The molecule has 0 saturated heterocycles. The SMILES string of the molecule is CN(C)[C@@H](CCCCNC(=O)CC[C@H](NC(=O)CCCCCCCCCCOc1ccc(C(=O)O)cc1)C(=O)O)C(=O)CCCCC[C@@H](C(=O)NCCCC[C@H](CC(=O)C(C)(C)N)C(=O)C[C@@H](CCCCNC(=O)[C@H](CCCCNC(=O)[C@H](CCCCCC(=O)CC[C@H](NC(=O)CCCCCCCCCCOc1ccc(C(=O)O)cc1)C(=O)O)N(C)C)N(C)C)C(=O)O)N(C)C.[HH].[HH].[HH]. The summed E-state index contributed by atoms with van der Waals surface area (Å²) in [6.45, 7) is 5.58. The molecule has 2 rings (SSSR count). The summed E-state index contributed by atoms with van der Waals surface area (Å²) in [6.07, 6.45) is 26.5. The fourth-order valence-corrected chi connectivity index (χ4v) is 15.7. The van der Waals surface area contributed by atoms with Crippen molar-refractivity contribution < 1.29 is 111 Å². The number of carbonyl (C=O) groups excluding carboxylic acids is 10. The van der Waals surface area contributed by atoms with E-state index in [1.807, 2.05) is 76.0 Å². The van der Waals surface area contributed by atoms with Gasteiger partial charge in [0.1, 0.15) is 40.9 Å². The Morgan fingerprint density at radius 3 is 1.02 bits per heavy atom. The van der Waals surface area contributed by atoms with Crippen LogP contribution in [0.3, 0.4) is 0 Å². The Morgan fingerprint density at radius 1 is 0.328 bits per heavy atom. The Morgan fingerprint density at radius 2 is 0.649 bits per heavy atom. The van der Waals surface area contributed by atoms with Crippen LogP contribution in [0.25, 0.3) is 0 Å². The van der Waals surface area contributed by atoms with Gasteiger partial charge in [0.2, 0.25) is 35.4 Å². The molecule has 33 heteroatoms. The number of aliphatic carboxylic acids is 3. The van der Waals surface area contributed by atoms with Gasteiger partial charge in [0.05, 0.1) is 60.0 Å². The van der Waals surface area contributed by atoms with Gasteiger partial charge in [-0.2, -0.15) is 0 Å². The highest BCUT2D eigenvalue weighted by molar-refractivity contribution is 5.94. The highest BCUT2D eigenvalue weighted by atomic mass is 16.5. The molecule has 0 saturated carbocycles. The highest BCUT2D eigenvalue weighted by Gasteiger charge is 2.33. The fourth-order valence-electron chi connectivity index (χ4n) is 15.7. The van der Waals surface area contributed by atoms with Crippen molar-refractivity contribution in [2.75, 3.05) is 95.8 Å². The molecule has 0 unspecified atom stereocenters. The van der Waals surface area contributed by atoms with Gasteiger partial charge in [-0.25, -0.2) is 19.2 Å². The van der Waals surface area contributed by atoms with E-state index >= 15 is 0 Å². The molecule has 0 spiro atoms. The topological polar surface area (TPSA) is 487 Å². The smallest absolute Gasteiger partial charge is 0.335 e. The van der Waals surface area contributed by atoms with E-state index in [0.29, 0.717) is 173 Å². The van der Waals surface area contributed by atoms with Crippen LogP contribution in [0.4, 0.5) is 0 Å². The zero-order valence-electron chi connectivity index (χ0n) is 80.5. The Hall–Kier alpha value is -9.31. The van der Waals surface area contributed by atoms with E-state index in [0.717, 1.165) is 96.3 Å². The van der Waals surface area contributed by atoms with Crippen LogP contribution in [-0.4, -0.2) is 271 Å². The summed E-state index contributed by atoms with van der Waals surface area (Å²) in [5.41, 5.74) is 5.37. The predicted molar refractivity (Wildman–Crippen MR) is 510 cm³/mol. The first-order valence-electron chi connectivity index (χ1n) is 48.2. The van der Waals surface area contributed by atoms with Gasteiger partial charge in [0.25, 0.3) is 0 Å². The molecule has 0 aliphatic rings. The number of nitrogens with two attached hydrogens (primary N) is 1. The van der Waals surface area contributed by atoms with E-state index in [1.54, 1.807) is 38.1 Å². The number of aromatic carboxylic acids is 2. The van der Waals surface area contributed by atoms with Crippen molar-refractivity contribution in [3.05, 3.63) is 59.7 Å². The number of nitrogens with one attached hydrogen (secondary N) is 6. The van der Waals surface area contributed by atoms with Gasteiger partial charge in [-0.05, 0) is 247 Å². The number of carbonyl (C=O) groups is 15. The van der Waals surface area contributed by atoms with Gasteiger partial charge >= 0.3 is 29.8 Å². The molecule has 8 atom stereocenters. The molecular formula is C98H169N11O22. The molecule has 2 aromatic rings. The third-order valence-electron chi connectivity index (χ3n) is 24.0. The maximum Gasteiger partial charge on any atom is 0.335 e. The molecule has 748 valence electrons. The number of carboxylic acid groups (broad SMARTS) is 5. The summed E-state index contributed by atoms with van der Waals surface area (Å²) in [7, 11) is 14.6. The number of benzene rings is 2. The first-order chi connectivity index (χ1) is 62.3. The Kier molecular flexibility index (Phi) is 62.5. The largest absolute Gasteiger partial charge is 0.494 e. The van der Waals surface area contributed by atoms with E-state index in [9.17, 15) is 87.2 Å². The van der Waals surface area contributed by atoms with Crippen molar-refractivity contribution in [1.29, 1.82) is 0 Å². The second-order valence-corrected chi connectivity index (χ2v) is 36.6. The second-order valence-electron chi connectivity index (χ2n) is 36.6. The lowest BCUT2D eigenvalue weighted by atomic mass is 9.83.